The van der Waals surface area contributed by atoms with E-state index in [9.17, 15) is 9.18 Å². The van der Waals surface area contributed by atoms with Crippen LogP contribution in [0.15, 0.2) is 30.3 Å². The fourth-order valence-corrected chi connectivity index (χ4v) is 2.28. The summed E-state index contributed by atoms with van der Waals surface area (Å²) in [4.78, 5) is 11.9. The first-order valence-corrected chi connectivity index (χ1v) is 6.23. The van der Waals surface area contributed by atoms with Gasteiger partial charge in [-0.25, -0.2) is 4.39 Å². The zero-order valence-electron chi connectivity index (χ0n) is 9.86. The number of carbonyl (C=O) groups excluding carboxylic acids is 1. The van der Waals surface area contributed by atoms with E-state index in [0.29, 0.717) is 0 Å². The lowest BCUT2D eigenvalue weighted by Gasteiger charge is -2.18. The predicted octanol–water partition coefficient (Wildman–Crippen LogP) is 3.99. The molecule has 1 saturated carbocycles. The summed E-state index contributed by atoms with van der Waals surface area (Å²) in [5.41, 5.74) is 0.871. The van der Waals surface area contributed by atoms with Crippen molar-refractivity contribution in [3.05, 3.63) is 41.7 Å². The first kappa shape index (κ1) is 12.0. The van der Waals surface area contributed by atoms with Crippen LogP contribution < -0.4 is 0 Å². The summed E-state index contributed by atoms with van der Waals surface area (Å²) >= 11 is 0. The number of halogens is 1. The van der Waals surface area contributed by atoms with Crippen molar-refractivity contribution < 1.29 is 9.18 Å². The highest BCUT2D eigenvalue weighted by molar-refractivity contribution is 5.95. The van der Waals surface area contributed by atoms with Crippen molar-refractivity contribution in [1.29, 1.82) is 0 Å². The number of hydrogen-bond acceptors (Lipinski definition) is 1. The van der Waals surface area contributed by atoms with Gasteiger partial charge >= 0.3 is 0 Å². The van der Waals surface area contributed by atoms with Gasteiger partial charge < -0.3 is 0 Å². The molecular weight excluding hydrogens is 215 g/mol. The number of rotatable bonds is 3. The third-order valence-electron chi connectivity index (χ3n) is 3.32. The number of allylic oxidation sites excluding steroid dienone is 1. The molecule has 2 heteroatoms. The second kappa shape index (κ2) is 5.76. The summed E-state index contributed by atoms with van der Waals surface area (Å²) in [5.74, 6) is 0.176. The minimum Gasteiger partial charge on any atom is -0.295 e. The highest BCUT2D eigenvalue weighted by Gasteiger charge is 2.18. The van der Waals surface area contributed by atoms with Crippen molar-refractivity contribution in [2.24, 2.45) is 5.92 Å². The molecule has 0 N–H and O–H groups in total. The van der Waals surface area contributed by atoms with Crippen molar-refractivity contribution >= 4 is 11.9 Å². The van der Waals surface area contributed by atoms with E-state index in [1.54, 1.807) is 24.3 Å². The monoisotopic (exact) mass is 232 g/mol. The van der Waals surface area contributed by atoms with Crippen LogP contribution in [0.3, 0.4) is 0 Å². The Morgan fingerprint density at radius 1 is 1.12 bits per heavy atom. The van der Waals surface area contributed by atoms with Crippen LogP contribution in [0.4, 0.5) is 4.39 Å². The molecule has 0 spiro atoms. The Bertz CT molecular complexity index is 399. The first-order chi connectivity index (χ1) is 8.25. The Morgan fingerprint density at radius 2 is 1.76 bits per heavy atom. The van der Waals surface area contributed by atoms with Crippen LogP contribution in [-0.4, -0.2) is 5.78 Å². The molecule has 1 aromatic rings. The highest BCUT2D eigenvalue weighted by atomic mass is 19.1. The molecule has 0 aromatic heterocycles. The van der Waals surface area contributed by atoms with Crippen LogP contribution in [0, 0.1) is 11.7 Å². The molecule has 0 heterocycles. The van der Waals surface area contributed by atoms with Crippen LogP contribution in [0.5, 0.6) is 0 Å². The molecule has 1 fully saturated rings. The van der Waals surface area contributed by atoms with E-state index < -0.39 is 0 Å². The third-order valence-corrected chi connectivity index (χ3v) is 3.32. The van der Waals surface area contributed by atoms with Crippen molar-refractivity contribution in [2.45, 2.75) is 32.1 Å². The van der Waals surface area contributed by atoms with Crippen LogP contribution in [0.25, 0.3) is 6.08 Å². The van der Waals surface area contributed by atoms with Crippen LogP contribution in [0.2, 0.25) is 0 Å². The zero-order chi connectivity index (χ0) is 12.1. The predicted molar refractivity (Wildman–Crippen MR) is 67.0 cm³/mol. The molecule has 17 heavy (non-hydrogen) atoms. The van der Waals surface area contributed by atoms with E-state index in [1.165, 1.54) is 31.4 Å². The summed E-state index contributed by atoms with van der Waals surface area (Å²) in [6.07, 6.45) is 9.05. The molecule has 0 amide bonds. The molecule has 90 valence electrons. The quantitative estimate of drug-likeness (QED) is 0.720. The third kappa shape index (κ3) is 3.52. The maximum atomic E-state index is 12.7. The second-order valence-corrected chi connectivity index (χ2v) is 4.62. The van der Waals surface area contributed by atoms with Gasteiger partial charge in [0.1, 0.15) is 5.82 Å². The first-order valence-electron chi connectivity index (χ1n) is 6.23. The summed E-state index contributed by atoms with van der Waals surface area (Å²) in [6, 6.07) is 6.18. The van der Waals surface area contributed by atoms with Gasteiger partial charge in [-0.15, -0.1) is 0 Å². The molecule has 0 bridgehead atoms. The van der Waals surface area contributed by atoms with Crippen molar-refractivity contribution in [2.75, 3.05) is 0 Å². The average molecular weight is 232 g/mol. The number of ketones is 1. The van der Waals surface area contributed by atoms with E-state index in [2.05, 4.69) is 0 Å². The molecule has 0 unspecified atom stereocenters. The standard InChI is InChI=1S/C15H17FO/c16-14-9-6-12(7-10-14)8-11-15(17)13-4-2-1-3-5-13/h6-11,13H,1-5H2/b11-8+. The minimum atomic E-state index is -0.249. The zero-order valence-corrected chi connectivity index (χ0v) is 9.86. The molecule has 0 radical (unpaired) electrons. The summed E-state index contributed by atoms with van der Waals surface area (Å²) in [7, 11) is 0. The molecule has 1 aliphatic carbocycles. The summed E-state index contributed by atoms with van der Waals surface area (Å²) in [5, 5.41) is 0. The lowest BCUT2D eigenvalue weighted by molar-refractivity contribution is -0.119. The molecule has 1 aromatic carbocycles. The van der Waals surface area contributed by atoms with E-state index in [1.807, 2.05) is 0 Å². The van der Waals surface area contributed by atoms with Gasteiger partial charge in [0.15, 0.2) is 5.78 Å². The van der Waals surface area contributed by atoms with Gasteiger partial charge in [0.2, 0.25) is 0 Å². The van der Waals surface area contributed by atoms with Gasteiger partial charge in [-0.05, 0) is 36.6 Å². The fraction of sp³-hybridized carbons (Fsp3) is 0.400. The SMILES string of the molecule is O=C(/C=C/c1ccc(F)cc1)C1CCCCC1. The van der Waals surface area contributed by atoms with Gasteiger partial charge in [-0.2, -0.15) is 0 Å². The van der Waals surface area contributed by atoms with Gasteiger partial charge in [-0.3, -0.25) is 4.79 Å². The van der Waals surface area contributed by atoms with E-state index in [4.69, 9.17) is 0 Å². The normalized spacial score (nSPS) is 17.5. The molecular formula is C15H17FO. The smallest absolute Gasteiger partial charge is 0.158 e. The molecule has 1 nitrogen and oxygen atoms in total. The Labute approximate surface area is 101 Å². The maximum absolute atomic E-state index is 12.7. The molecule has 0 saturated heterocycles. The molecule has 2 rings (SSSR count). The maximum Gasteiger partial charge on any atom is 0.158 e. The van der Waals surface area contributed by atoms with E-state index >= 15 is 0 Å². The van der Waals surface area contributed by atoms with Crippen LogP contribution in [0.1, 0.15) is 37.7 Å². The molecule has 0 aliphatic heterocycles. The van der Waals surface area contributed by atoms with Gasteiger partial charge in [-0.1, -0.05) is 37.5 Å². The topological polar surface area (TPSA) is 17.1 Å². The van der Waals surface area contributed by atoms with Gasteiger partial charge in [0.05, 0.1) is 0 Å². The lowest BCUT2D eigenvalue weighted by atomic mass is 9.86. The summed E-state index contributed by atoms with van der Waals surface area (Å²) < 4.78 is 12.7. The van der Waals surface area contributed by atoms with E-state index in [0.717, 1.165) is 18.4 Å². The molecule has 0 atom stereocenters. The van der Waals surface area contributed by atoms with Crippen molar-refractivity contribution in [3.8, 4) is 0 Å². The van der Waals surface area contributed by atoms with Gasteiger partial charge in [0, 0.05) is 5.92 Å². The Balaban J connectivity index is 1.95. The second-order valence-electron chi connectivity index (χ2n) is 4.62. The average Bonchev–Trinajstić information content (AvgIpc) is 2.39. The summed E-state index contributed by atoms with van der Waals surface area (Å²) in [6.45, 7) is 0. The van der Waals surface area contributed by atoms with E-state index in [-0.39, 0.29) is 17.5 Å². The highest BCUT2D eigenvalue weighted by Crippen LogP contribution is 2.24. The Morgan fingerprint density at radius 3 is 2.41 bits per heavy atom. The number of carbonyl (C=O) groups is 1. The number of benzene rings is 1. The van der Waals surface area contributed by atoms with Crippen LogP contribution >= 0.6 is 0 Å². The van der Waals surface area contributed by atoms with Crippen molar-refractivity contribution in [1.82, 2.24) is 0 Å². The lowest BCUT2D eigenvalue weighted by Crippen LogP contribution is -2.15. The number of hydrogen-bond donors (Lipinski definition) is 0. The molecule has 1 aliphatic rings. The van der Waals surface area contributed by atoms with Crippen molar-refractivity contribution in [3.63, 3.8) is 0 Å². The van der Waals surface area contributed by atoms with Crippen LogP contribution in [-0.2, 0) is 4.79 Å². The Kier molecular flexibility index (Phi) is 4.08. The largest absolute Gasteiger partial charge is 0.295 e. The van der Waals surface area contributed by atoms with Gasteiger partial charge in [0.25, 0.3) is 0 Å². The fourth-order valence-electron chi connectivity index (χ4n) is 2.28. The minimum absolute atomic E-state index is 0.209. The Hall–Kier alpha value is -1.44.